The Balaban J connectivity index is 0.000000483. The Morgan fingerprint density at radius 2 is 1.20 bits per heavy atom. The van der Waals surface area contributed by atoms with E-state index in [1.165, 1.54) is 87.3 Å². The van der Waals surface area contributed by atoms with Gasteiger partial charge in [0.15, 0.2) is 6.61 Å². The molecular formula is C38H60O6. The van der Waals surface area contributed by atoms with Crippen LogP contribution in [0, 0.1) is 0 Å². The predicted octanol–water partition coefficient (Wildman–Crippen LogP) is 8.98. The van der Waals surface area contributed by atoms with Crippen LogP contribution in [0.2, 0.25) is 0 Å². The first-order valence-electron chi connectivity index (χ1n) is 16.4. The molecule has 44 heavy (non-hydrogen) atoms. The number of hydrogen-bond donors (Lipinski definition) is 0. The van der Waals surface area contributed by atoms with Gasteiger partial charge in [0.2, 0.25) is 0 Å². The van der Waals surface area contributed by atoms with Gasteiger partial charge in [-0.05, 0) is 66.2 Å². The minimum absolute atomic E-state index is 0. The number of hydrogen-bond acceptors (Lipinski definition) is 6. The molecule has 1 aliphatic carbocycles. The number of fused-ring (bicyclic) bond motifs is 2. The zero-order valence-corrected chi connectivity index (χ0v) is 27.1. The van der Waals surface area contributed by atoms with Crippen LogP contribution in [0.1, 0.15) is 121 Å². The number of benzene rings is 2. The first-order valence-corrected chi connectivity index (χ1v) is 16.4. The second-order valence-corrected chi connectivity index (χ2v) is 12.4. The largest absolute Gasteiger partial charge is 0.481 e. The van der Waals surface area contributed by atoms with Crippen LogP contribution in [0.3, 0.4) is 0 Å². The highest BCUT2D eigenvalue weighted by atomic mass is 16.6. The first kappa shape index (κ1) is 39.3. The van der Waals surface area contributed by atoms with Crippen molar-refractivity contribution in [2.45, 2.75) is 124 Å². The summed E-state index contributed by atoms with van der Waals surface area (Å²) in [5, 5.41) is 0. The smallest absolute Gasteiger partial charge is 0.344 e. The van der Waals surface area contributed by atoms with Crippen LogP contribution in [-0.2, 0) is 48.7 Å². The topological polar surface area (TPSA) is 71.1 Å². The van der Waals surface area contributed by atoms with E-state index in [0.717, 1.165) is 50.6 Å². The lowest BCUT2D eigenvalue weighted by Crippen LogP contribution is -2.18. The van der Waals surface area contributed by atoms with Crippen LogP contribution in [-0.4, -0.2) is 45.8 Å². The summed E-state index contributed by atoms with van der Waals surface area (Å²) in [4.78, 5) is 20.2. The van der Waals surface area contributed by atoms with Gasteiger partial charge in [0, 0.05) is 13.2 Å². The van der Waals surface area contributed by atoms with Crippen LogP contribution >= 0.6 is 0 Å². The van der Waals surface area contributed by atoms with Crippen molar-refractivity contribution in [3.63, 3.8) is 0 Å². The van der Waals surface area contributed by atoms with Gasteiger partial charge in [-0.3, -0.25) is 0 Å². The van der Waals surface area contributed by atoms with Crippen molar-refractivity contribution in [3.8, 4) is 5.75 Å². The molecule has 1 aliphatic heterocycles. The van der Waals surface area contributed by atoms with E-state index in [4.69, 9.17) is 23.7 Å². The second kappa shape index (κ2) is 23.7. The third-order valence-corrected chi connectivity index (χ3v) is 7.78. The molecular weight excluding hydrogens is 552 g/mol. The Hall–Kier alpha value is -2.70. The fraction of sp³-hybridized carbons (Fsp3) is 0.632. The van der Waals surface area contributed by atoms with Gasteiger partial charge in [0.25, 0.3) is 0 Å². The molecule has 0 atom stereocenters. The molecule has 0 amide bonds. The maximum Gasteiger partial charge on any atom is 0.344 e. The maximum absolute atomic E-state index is 12.2. The highest BCUT2D eigenvalue weighted by Gasteiger charge is 2.21. The van der Waals surface area contributed by atoms with Crippen molar-refractivity contribution >= 4 is 12.8 Å². The molecule has 1 saturated heterocycles. The van der Waals surface area contributed by atoms with E-state index in [0.29, 0.717) is 0 Å². The van der Waals surface area contributed by atoms with Gasteiger partial charge in [0.1, 0.15) is 19.1 Å². The molecule has 0 aromatic heterocycles. The number of ether oxygens (including phenoxy) is 4. The maximum atomic E-state index is 12.2. The number of aryl methyl sites for hydroxylation is 2. The number of carbonyl (C=O) groups excluding carboxylic acids is 2. The summed E-state index contributed by atoms with van der Waals surface area (Å²) in [6.45, 7) is 12.4. The summed E-state index contributed by atoms with van der Waals surface area (Å²) < 4.78 is 22.2. The van der Waals surface area contributed by atoms with Gasteiger partial charge in [0.05, 0.1) is 13.2 Å². The molecule has 2 aromatic rings. The minimum Gasteiger partial charge on any atom is -0.481 e. The minimum atomic E-state index is -0.326. The molecule has 0 saturated carbocycles. The van der Waals surface area contributed by atoms with Gasteiger partial charge in [-0.2, -0.15) is 0 Å². The Kier molecular flexibility index (Phi) is 21.1. The van der Waals surface area contributed by atoms with Crippen LogP contribution < -0.4 is 4.74 Å². The molecule has 1 heterocycles. The molecule has 0 unspecified atom stereocenters. The molecule has 6 nitrogen and oxygen atoms in total. The zero-order valence-electron chi connectivity index (χ0n) is 27.1. The van der Waals surface area contributed by atoms with Crippen molar-refractivity contribution in [2.24, 2.45) is 0 Å². The molecule has 0 spiro atoms. The molecule has 6 heteroatoms. The van der Waals surface area contributed by atoms with E-state index < -0.39 is 0 Å². The molecule has 1 fully saturated rings. The fourth-order valence-corrected chi connectivity index (χ4v) is 5.25. The summed E-state index contributed by atoms with van der Waals surface area (Å²) >= 11 is 0. The molecule has 248 valence electrons. The predicted molar refractivity (Wildman–Crippen MR) is 181 cm³/mol. The molecule has 0 N–H and O–H groups in total. The Labute approximate surface area is 268 Å². The van der Waals surface area contributed by atoms with Gasteiger partial charge < -0.3 is 23.7 Å². The van der Waals surface area contributed by atoms with E-state index in [-0.39, 0.29) is 32.0 Å². The quantitative estimate of drug-likeness (QED) is 0.314. The van der Waals surface area contributed by atoms with E-state index in [1.807, 2.05) is 37.1 Å². The third-order valence-electron chi connectivity index (χ3n) is 7.78. The zero-order chi connectivity index (χ0) is 31.2. The Morgan fingerprint density at radius 1 is 0.727 bits per heavy atom. The molecule has 4 rings (SSSR count). The van der Waals surface area contributed by atoms with Crippen molar-refractivity contribution in [2.75, 3.05) is 33.0 Å². The second-order valence-electron chi connectivity index (χ2n) is 12.4. The number of esters is 1. The van der Waals surface area contributed by atoms with E-state index >= 15 is 0 Å². The van der Waals surface area contributed by atoms with Crippen LogP contribution in [0.15, 0.2) is 42.5 Å². The van der Waals surface area contributed by atoms with Gasteiger partial charge in [-0.25, -0.2) is 4.79 Å². The van der Waals surface area contributed by atoms with Gasteiger partial charge in [-0.15, -0.1) is 0 Å². The molecule has 2 bridgehead atoms. The summed E-state index contributed by atoms with van der Waals surface area (Å²) in [6.07, 6.45) is 16.3. The fourth-order valence-electron chi connectivity index (χ4n) is 5.25. The Bertz CT molecular complexity index is 933. The van der Waals surface area contributed by atoms with Crippen LogP contribution in [0.25, 0.3) is 0 Å². The van der Waals surface area contributed by atoms with Crippen LogP contribution in [0.5, 0.6) is 5.75 Å². The number of rotatable bonds is 5. The van der Waals surface area contributed by atoms with E-state index in [1.54, 1.807) is 0 Å². The van der Waals surface area contributed by atoms with Gasteiger partial charge in [-0.1, -0.05) is 116 Å². The SMILES string of the molecule is C.C1CCCCCOCCOCCCC1.C=O.CC(C)(C)c1cc2c(OCC(=O)OCc3ccccc3)c(c1)CCCCC2. The standard InChI is InChI=1S/C24H30O3.C12H24O2.CH2O.CH4/c1-24(2,3)21-14-19-12-8-5-9-13-20(15-21)23(19)27-17-22(25)26-16-18-10-6-4-7-11-18;1-2-4-6-8-10-14-12-11-13-9-7-5-3-1;1-2;/h4,6-7,10-11,14-15H,5,8-9,12-13,16-17H2,1-3H3;1-12H2;1H2;1H4. The average Bonchev–Trinajstić information content (AvgIpc) is 3.01. The van der Waals surface area contributed by atoms with Crippen LogP contribution in [0.4, 0.5) is 0 Å². The van der Waals surface area contributed by atoms with Gasteiger partial charge >= 0.3 is 5.97 Å². The first-order chi connectivity index (χ1) is 20.9. The summed E-state index contributed by atoms with van der Waals surface area (Å²) in [7, 11) is 0. The van der Waals surface area contributed by atoms with Crippen molar-refractivity contribution in [1.82, 2.24) is 0 Å². The lowest BCUT2D eigenvalue weighted by molar-refractivity contribution is -0.147. The normalized spacial score (nSPS) is 16.4. The highest BCUT2D eigenvalue weighted by Crippen LogP contribution is 2.35. The summed E-state index contributed by atoms with van der Waals surface area (Å²) in [6, 6.07) is 14.2. The lowest BCUT2D eigenvalue weighted by Gasteiger charge is -2.25. The third kappa shape index (κ3) is 16.4. The Morgan fingerprint density at radius 3 is 1.70 bits per heavy atom. The van der Waals surface area contributed by atoms with Crippen molar-refractivity contribution < 1.29 is 28.5 Å². The van der Waals surface area contributed by atoms with Crippen molar-refractivity contribution in [1.29, 1.82) is 0 Å². The van der Waals surface area contributed by atoms with Crippen molar-refractivity contribution in [3.05, 3.63) is 64.7 Å². The molecule has 2 aromatic carbocycles. The average molecular weight is 613 g/mol. The van der Waals surface area contributed by atoms with E-state index in [9.17, 15) is 4.79 Å². The highest BCUT2D eigenvalue weighted by molar-refractivity contribution is 5.71. The van der Waals surface area contributed by atoms with E-state index in [2.05, 4.69) is 32.9 Å². The monoisotopic (exact) mass is 612 g/mol. The number of carbonyl (C=O) groups is 2. The summed E-state index contributed by atoms with van der Waals surface area (Å²) in [5.41, 5.74) is 4.89. The molecule has 0 radical (unpaired) electrons. The lowest BCUT2D eigenvalue weighted by atomic mass is 9.82. The molecule has 2 aliphatic rings. The summed E-state index contributed by atoms with van der Waals surface area (Å²) in [5.74, 6) is 0.576.